The summed E-state index contributed by atoms with van der Waals surface area (Å²) >= 11 is 0. The zero-order valence-corrected chi connectivity index (χ0v) is 10.2. The first kappa shape index (κ1) is 11.9. The number of nitrogens with one attached hydrogen (secondary N) is 1. The number of ether oxygens (including phenoxy) is 2. The molecule has 1 aromatic carbocycles. The van der Waals surface area contributed by atoms with Crippen molar-refractivity contribution in [1.82, 2.24) is 5.32 Å². The van der Waals surface area contributed by atoms with Crippen LogP contribution in [0, 0.1) is 0 Å². The Morgan fingerprint density at radius 3 is 2.71 bits per heavy atom. The Hall–Kier alpha value is -1.55. The number of hydrogen-bond acceptors (Lipinski definition) is 4. The molecule has 0 heterocycles. The molecule has 1 aromatic rings. The van der Waals surface area contributed by atoms with Gasteiger partial charge in [0.15, 0.2) is 5.78 Å². The molecule has 92 valence electrons. The summed E-state index contributed by atoms with van der Waals surface area (Å²) in [4.78, 5) is 12.0. The number of rotatable bonds is 6. The number of hydrogen-bond donors (Lipinski definition) is 1. The summed E-state index contributed by atoms with van der Waals surface area (Å²) < 4.78 is 10.3. The van der Waals surface area contributed by atoms with Crippen LogP contribution in [-0.2, 0) is 0 Å². The third kappa shape index (κ3) is 2.97. The summed E-state index contributed by atoms with van der Waals surface area (Å²) in [5, 5.41) is 3.20. The smallest absolute Gasteiger partial charge is 0.180 e. The Morgan fingerprint density at radius 1 is 1.35 bits per heavy atom. The maximum atomic E-state index is 12.0. The Labute approximate surface area is 101 Å². The van der Waals surface area contributed by atoms with Crippen LogP contribution in [0.2, 0.25) is 0 Å². The molecule has 4 heteroatoms. The van der Waals surface area contributed by atoms with Crippen molar-refractivity contribution in [2.45, 2.75) is 18.9 Å². The van der Waals surface area contributed by atoms with E-state index in [0.29, 0.717) is 29.6 Å². The molecule has 0 spiro atoms. The lowest BCUT2D eigenvalue weighted by Crippen LogP contribution is -2.25. The molecule has 1 fully saturated rings. The van der Waals surface area contributed by atoms with Gasteiger partial charge in [-0.1, -0.05) is 0 Å². The maximum absolute atomic E-state index is 12.0. The van der Waals surface area contributed by atoms with Crippen molar-refractivity contribution in [2.75, 3.05) is 20.8 Å². The van der Waals surface area contributed by atoms with Gasteiger partial charge in [0.1, 0.15) is 11.5 Å². The highest BCUT2D eigenvalue weighted by atomic mass is 16.5. The van der Waals surface area contributed by atoms with E-state index < -0.39 is 0 Å². The summed E-state index contributed by atoms with van der Waals surface area (Å²) in [7, 11) is 3.14. The summed E-state index contributed by atoms with van der Waals surface area (Å²) in [6, 6.07) is 5.78. The Balaban J connectivity index is 2.12. The molecule has 0 saturated heterocycles. The molecule has 0 unspecified atom stereocenters. The van der Waals surface area contributed by atoms with Gasteiger partial charge in [-0.25, -0.2) is 0 Å². The Bertz CT molecular complexity index is 413. The highest BCUT2D eigenvalue weighted by Gasteiger charge is 2.22. The van der Waals surface area contributed by atoms with Crippen LogP contribution in [0.5, 0.6) is 11.5 Å². The minimum absolute atomic E-state index is 0.0349. The van der Waals surface area contributed by atoms with E-state index in [1.54, 1.807) is 32.4 Å². The molecule has 0 atom stereocenters. The van der Waals surface area contributed by atoms with Gasteiger partial charge in [-0.15, -0.1) is 0 Å². The summed E-state index contributed by atoms with van der Waals surface area (Å²) in [5.74, 6) is 1.29. The third-order valence-electron chi connectivity index (χ3n) is 2.84. The maximum Gasteiger partial charge on any atom is 0.180 e. The molecule has 17 heavy (non-hydrogen) atoms. The highest BCUT2D eigenvalue weighted by molar-refractivity contribution is 6.00. The van der Waals surface area contributed by atoms with Crippen molar-refractivity contribution in [3.05, 3.63) is 23.8 Å². The standard InChI is InChI=1S/C13H17NO3/c1-16-10-5-6-13(17-2)11(7-10)12(15)8-14-9-3-4-9/h5-7,9,14H,3-4,8H2,1-2H3. The minimum atomic E-state index is 0.0349. The minimum Gasteiger partial charge on any atom is -0.497 e. The van der Waals surface area contributed by atoms with Crippen molar-refractivity contribution in [3.63, 3.8) is 0 Å². The van der Waals surface area contributed by atoms with Gasteiger partial charge in [-0.3, -0.25) is 4.79 Å². The van der Waals surface area contributed by atoms with E-state index >= 15 is 0 Å². The van der Waals surface area contributed by atoms with Gasteiger partial charge < -0.3 is 14.8 Å². The fourth-order valence-electron chi connectivity index (χ4n) is 1.65. The van der Waals surface area contributed by atoms with E-state index in [2.05, 4.69) is 5.32 Å². The zero-order valence-electron chi connectivity index (χ0n) is 10.2. The van der Waals surface area contributed by atoms with Gasteiger partial charge in [0, 0.05) is 6.04 Å². The topological polar surface area (TPSA) is 47.6 Å². The van der Waals surface area contributed by atoms with Crippen molar-refractivity contribution >= 4 is 5.78 Å². The van der Waals surface area contributed by atoms with Crippen LogP contribution >= 0.6 is 0 Å². The van der Waals surface area contributed by atoms with Crippen molar-refractivity contribution in [3.8, 4) is 11.5 Å². The normalized spacial score (nSPS) is 14.5. The van der Waals surface area contributed by atoms with E-state index in [4.69, 9.17) is 9.47 Å². The zero-order chi connectivity index (χ0) is 12.3. The first-order chi connectivity index (χ1) is 8.24. The van der Waals surface area contributed by atoms with Gasteiger partial charge >= 0.3 is 0 Å². The number of Topliss-reactive ketones (excluding diaryl/α,β-unsaturated/α-hetero) is 1. The van der Waals surface area contributed by atoms with Gasteiger partial charge in [0.2, 0.25) is 0 Å². The molecule has 1 saturated carbocycles. The molecule has 0 aliphatic heterocycles. The highest BCUT2D eigenvalue weighted by Crippen LogP contribution is 2.24. The first-order valence-electron chi connectivity index (χ1n) is 5.73. The quantitative estimate of drug-likeness (QED) is 0.761. The van der Waals surface area contributed by atoms with Crippen LogP contribution in [0.4, 0.5) is 0 Å². The van der Waals surface area contributed by atoms with Gasteiger partial charge in [0.25, 0.3) is 0 Å². The predicted molar refractivity (Wildman–Crippen MR) is 64.9 cm³/mol. The van der Waals surface area contributed by atoms with E-state index in [-0.39, 0.29) is 5.78 Å². The van der Waals surface area contributed by atoms with Crippen molar-refractivity contribution < 1.29 is 14.3 Å². The molecule has 1 aliphatic rings. The fourth-order valence-corrected chi connectivity index (χ4v) is 1.65. The van der Waals surface area contributed by atoms with E-state index in [1.165, 1.54) is 12.8 Å². The average Bonchev–Trinajstić information content (AvgIpc) is 3.19. The SMILES string of the molecule is COc1ccc(OC)c(C(=O)CNC2CC2)c1. The lowest BCUT2D eigenvalue weighted by Gasteiger charge is -2.10. The van der Waals surface area contributed by atoms with Crippen LogP contribution in [-0.4, -0.2) is 32.6 Å². The molecule has 0 bridgehead atoms. The van der Waals surface area contributed by atoms with Crippen LogP contribution in [0.15, 0.2) is 18.2 Å². The molecule has 0 amide bonds. The number of carbonyl (C=O) groups is 1. The van der Waals surface area contributed by atoms with Gasteiger partial charge in [-0.2, -0.15) is 0 Å². The predicted octanol–water partition coefficient (Wildman–Crippen LogP) is 1.64. The second-order valence-corrected chi connectivity index (χ2v) is 4.14. The lowest BCUT2D eigenvalue weighted by atomic mass is 10.1. The second kappa shape index (κ2) is 5.19. The van der Waals surface area contributed by atoms with Gasteiger partial charge in [-0.05, 0) is 31.0 Å². The first-order valence-corrected chi connectivity index (χ1v) is 5.73. The molecular weight excluding hydrogens is 218 g/mol. The molecule has 4 nitrogen and oxygen atoms in total. The molecule has 0 aromatic heterocycles. The van der Waals surface area contributed by atoms with Crippen LogP contribution in [0.3, 0.4) is 0 Å². The molecule has 0 radical (unpaired) electrons. The van der Waals surface area contributed by atoms with Gasteiger partial charge in [0.05, 0.1) is 26.3 Å². The fraction of sp³-hybridized carbons (Fsp3) is 0.462. The van der Waals surface area contributed by atoms with Crippen molar-refractivity contribution in [1.29, 1.82) is 0 Å². The number of benzene rings is 1. The summed E-state index contributed by atoms with van der Waals surface area (Å²) in [5.41, 5.74) is 0.569. The van der Waals surface area contributed by atoms with Crippen LogP contribution in [0.1, 0.15) is 23.2 Å². The largest absolute Gasteiger partial charge is 0.497 e. The average molecular weight is 235 g/mol. The number of methoxy groups -OCH3 is 2. The van der Waals surface area contributed by atoms with E-state index in [1.807, 2.05) is 0 Å². The molecular formula is C13H17NO3. The van der Waals surface area contributed by atoms with Crippen LogP contribution < -0.4 is 14.8 Å². The molecule has 1 N–H and O–H groups in total. The molecule has 2 rings (SSSR count). The Kier molecular flexibility index (Phi) is 3.64. The Morgan fingerprint density at radius 2 is 2.12 bits per heavy atom. The summed E-state index contributed by atoms with van der Waals surface area (Å²) in [6.45, 7) is 0.355. The van der Waals surface area contributed by atoms with E-state index in [9.17, 15) is 4.79 Å². The molecule has 1 aliphatic carbocycles. The number of ketones is 1. The number of carbonyl (C=O) groups excluding carboxylic acids is 1. The van der Waals surface area contributed by atoms with Crippen LogP contribution in [0.25, 0.3) is 0 Å². The lowest BCUT2D eigenvalue weighted by molar-refractivity contribution is 0.0987. The van der Waals surface area contributed by atoms with Crippen molar-refractivity contribution in [2.24, 2.45) is 0 Å². The second-order valence-electron chi connectivity index (χ2n) is 4.14. The monoisotopic (exact) mass is 235 g/mol. The third-order valence-corrected chi connectivity index (χ3v) is 2.84. The summed E-state index contributed by atoms with van der Waals surface area (Å²) in [6.07, 6.45) is 2.34. The van der Waals surface area contributed by atoms with E-state index in [0.717, 1.165) is 0 Å².